The van der Waals surface area contributed by atoms with E-state index in [1.165, 1.54) is 0 Å². The molecule has 1 atom stereocenters. The van der Waals surface area contributed by atoms with Crippen LogP contribution in [0.15, 0.2) is 73.3 Å². The fourth-order valence-corrected chi connectivity index (χ4v) is 4.74. The Morgan fingerprint density at radius 1 is 1.08 bits per heavy atom. The van der Waals surface area contributed by atoms with E-state index in [-0.39, 0.29) is 6.04 Å². The summed E-state index contributed by atoms with van der Waals surface area (Å²) in [5.41, 5.74) is 6.02. The van der Waals surface area contributed by atoms with Gasteiger partial charge in [0.15, 0.2) is 0 Å². The van der Waals surface area contributed by atoms with Crippen LogP contribution in [0.2, 0.25) is 0 Å². The molecule has 3 N–H and O–H groups in total. The van der Waals surface area contributed by atoms with Gasteiger partial charge < -0.3 is 20.3 Å². The molecule has 0 saturated carbocycles. The maximum atomic E-state index is 11.1. The number of aryl methyl sites for hydroxylation is 1. The summed E-state index contributed by atoms with van der Waals surface area (Å²) < 4.78 is 1.99. The highest BCUT2D eigenvalue weighted by molar-refractivity contribution is 5.65. The van der Waals surface area contributed by atoms with E-state index in [0.29, 0.717) is 19.6 Å². The van der Waals surface area contributed by atoms with Crippen LogP contribution in [-0.4, -0.2) is 54.8 Å². The molecule has 1 saturated heterocycles. The van der Waals surface area contributed by atoms with Crippen molar-refractivity contribution in [2.45, 2.75) is 38.9 Å². The number of hydrogen-bond acceptors (Lipinski definition) is 6. The van der Waals surface area contributed by atoms with Crippen molar-refractivity contribution in [3.05, 3.63) is 90.4 Å². The number of amides is 1. The van der Waals surface area contributed by atoms with Crippen molar-refractivity contribution in [1.82, 2.24) is 29.7 Å². The summed E-state index contributed by atoms with van der Waals surface area (Å²) in [4.78, 5) is 27.2. The first-order chi connectivity index (χ1) is 18.0. The Bertz CT molecular complexity index is 1360. The SMILES string of the molecule is Cc1cn(-c2cc(CN3CCC[C@H](NC(=O)O)C3)nc(NCc3cc(-c4ccccc4)ccn3)c2)cn1. The predicted molar refractivity (Wildman–Crippen MR) is 143 cm³/mol. The molecule has 4 heterocycles. The molecule has 0 radical (unpaired) electrons. The summed E-state index contributed by atoms with van der Waals surface area (Å²) in [6, 6.07) is 18.4. The van der Waals surface area contributed by atoms with Crippen molar-refractivity contribution in [3.63, 3.8) is 0 Å². The lowest BCUT2D eigenvalue weighted by Gasteiger charge is -2.32. The van der Waals surface area contributed by atoms with Gasteiger partial charge in [0.25, 0.3) is 0 Å². The van der Waals surface area contributed by atoms with E-state index in [4.69, 9.17) is 10.1 Å². The highest BCUT2D eigenvalue weighted by Crippen LogP contribution is 2.21. The number of nitrogens with zero attached hydrogens (tertiary/aromatic N) is 5. The van der Waals surface area contributed by atoms with E-state index in [9.17, 15) is 4.79 Å². The first-order valence-electron chi connectivity index (χ1n) is 12.5. The van der Waals surface area contributed by atoms with Crippen molar-refractivity contribution in [2.24, 2.45) is 0 Å². The van der Waals surface area contributed by atoms with E-state index >= 15 is 0 Å². The smallest absolute Gasteiger partial charge is 0.404 e. The van der Waals surface area contributed by atoms with Gasteiger partial charge >= 0.3 is 6.09 Å². The van der Waals surface area contributed by atoms with Gasteiger partial charge in [-0.3, -0.25) is 9.88 Å². The highest BCUT2D eigenvalue weighted by Gasteiger charge is 2.22. The van der Waals surface area contributed by atoms with Gasteiger partial charge in [0.2, 0.25) is 0 Å². The third-order valence-corrected chi connectivity index (χ3v) is 6.47. The number of carbonyl (C=O) groups is 1. The van der Waals surface area contributed by atoms with Crippen molar-refractivity contribution in [1.29, 1.82) is 0 Å². The highest BCUT2D eigenvalue weighted by atomic mass is 16.4. The van der Waals surface area contributed by atoms with Gasteiger partial charge in [-0.15, -0.1) is 0 Å². The Morgan fingerprint density at radius 2 is 1.95 bits per heavy atom. The van der Waals surface area contributed by atoms with Crippen LogP contribution in [0.1, 0.15) is 29.9 Å². The molecule has 0 spiro atoms. The molecule has 190 valence electrons. The Labute approximate surface area is 216 Å². The van der Waals surface area contributed by atoms with Crippen molar-refractivity contribution in [3.8, 4) is 16.8 Å². The van der Waals surface area contributed by atoms with Crippen molar-refractivity contribution >= 4 is 11.9 Å². The van der Waals surface area contributed by atoms with E-state index in [2.05, 4.69) is 49.8 Å². The zero-order valence-electron chi connectivity index (χ0n) is 20.8. The van der Waals surface area contributed by atoms with E-state index < -0.39 is 6.09 Å². The minimum absolute atomic E-state index is 0.0636. The zero-order chi connectivity index (χ0) is 25.6. The van der Waals surface area contributed by atoms with Gasteiger partial charge in [-0.05, 0) is 55.6 Å². The maximum Gasteiger partial charge on any atom is 0.404 e. The zero-order valence-corrected chi connectivity index (χ0v) is 20.8. The summed E-state index contributed by atoms with van der Waals surface area (Å²) in [5, 5.41) is 15.2. The van der Waals surface area contributed by atoms with Crippen LogP contribution in [0, 0.1) is 6.92 Å². The molecule has 1 aromatic carbocycles. The molecule has 0 aliphatic carbocycles. The van der Waals surface area contributed by atoms with Gasteiger partial charge in [0.1, 0.15) is 5.82 Å². The monoisotopic (exact) mass is 497 g/mol. The minimum atomic E-state index is -0.973. The lowest BCUT2D eigenvalue weighted by atomic mass is 10.1. The molecule has 4 aromatic rings. The van der Waals surface area contributed by atoms with Gasteiger partial charge in [-0.1, -0.05) is 30.3 Å². The van der Waals surface area contributed by atoms with E-state index in [0.717, 1.165) is 59.1 Å². The second-order valence-corrected chi connectivity index (χ2v) is 9.40. The Balaban J connectivity index is 1.35. The standard InChI is InChI=1S/C28H31N7O2/c1-20-16-35(19-31-20)26-13-25(18-34-11-5-8-23(17-34)33-28(36)37)32-27(14-26)30-15-24-12-22(9-10-29-24)21-6-3-2-4-7-21/h2-4,6-7,9-10,12-14,16,19,23,33H,5,8,11,15,17-18H2,1H3,(H,30,32)(H,36,37)/t23-/m0/s1. The number of anilines is 1. The van der Waals surface area contributed by atoms with Crippen LogP contribution < -0.4 is 10.6 Å². The Hall–Kier alpha value is -4.24. The predicted octanol–water partition coefficient (Wildman–Crippen LogP) is 4.48. The molecular formula is C28H31N7O2. The Kier molecular flexibility index (Phi) is 7.41. The number of hydrogen-bond donors (Lipinski definition) is 3. The van der Waals surface area contributed by atoms with E-state index in [1.54, 1.807) is 6.33 Å². The van der Waals surface area contributed by atoms with Gasteiger partial charge in [0, 0.05) is 37.6 Å². The number of aromatic nitrogens is 4. The average molecular weight is 498 g/mol. The molecule has 9 heteroatoms. The maximum absolute atomic E-state index is 11.1. The first-order valence-corrected chi connectivity index (χ1v) is 12.5. The molecular weight excluding hydrogens is 466 g/mol. The van der Waals surface area contributed by atoms with E-state index in [1.807, 2.05) is 54.2 Å². The van der Waals surface area contributed by atoms with Crippen LogP contribution in [0.4, 0.5) is 10.6 Å². The lowest BCUT2D eigenvalue weighted by Crippen LogP contribution is -2.47. The Morgan fingerprint density at radius 3 is 2.73 bits per heavy atom. The number of carboxylic acid groups (broad SMARTS) is 1. The number of rotatable bonds is 8. The van der Waals surface area contributed by atoms with Crippen LogP contribution in [0.3, 0.4) is 0 Å². The molecule has 5 rings (SSSR count). The number of benzene rings is 1. The number of nitrogens with one attached hydrogen (secondary N) is 2. The quantitative estimate of drug-likeness (QED) is 0.329. The fraction of sp³-hybridized carbons (Fsp3) is 0.286. The number of likely N-dealkylation sites (tertiary alicyclic amines) is 1. The van der Waals surface area contributed by atoms with Gasteiger partial charge in [0.05, 0.1) is 35.6 Å². The van der Waals surface area contributed by atoms with Gasteiger partial charge in [-0.2, -0.15) is 0 Å². The summed E-state index contributed by atoms with van der Waals surface area (Å²) in [6.45, 7) is 4.71. The molecule has 37 heavy (non-hydrogen) atoms. The summed E-state index contributed by atoms with van der Waals surface area (Å²) in [5.74, 6) is 0.753. The molecule has 1 fully saturated rings. The second kappa shape index (κ2) is 11.2. The topological polar surface area (TPSA) is 108 Å². The largest absolute Gasteiger partial charge is 0.465 e. The third-order valence-electron chi connectivity index (χ3n) is 6.47. The van der Waals surface area contributed by atoms with Crippen LogP contribution >= 0.6 is 0 Å². The number of pyridine rings is 2. The first kappa shape index (κ1) is 24.5. The minimum Gasteiger partial charge on any atom is -0.465 e. The fourth-order valence-electron chi connectivity index (χ4n) is 4.74. The summed E-state index contributed by atoms with van der Waals surface area (Å²) >= 11 is 0. The second-order valence-electron chi connectivity index (χ2n) is 9.40. The molecule has 1 aliphatic heterocycles. The summed E-state index contributed by atoms with van der Waals surface area (Å²) in [6.07, 6.45) is 6.45. The molecule has 9 nitrogen and oxygen atoms in total. The molecule has 1 amide bonds. The molecule has 1 aliphatic rings. The number of piperidine rings is 1. The normalized spacial score (nSPS) is 15.9. The van der Waals surface area contributed by atoms with Gasteiger partial charge in [-0.25, -0.2) is 14.8 Å². The van der Waals surface area contributed by atoms with Crippen LogP contribution in [-0.2, 0) is 13.1 Å². The van der Waals surface area contributed by atoms with Crippen molar-refractivity contribution < 1.29 is 9.90 Å². The average Bonchev–Trinajstić information content (AvgIpc) is 3.34. The molecule has 0 unspecified atom stereocenters. The third kappa shape index (κ3) is 6.50. The van der Waals surface area contributed by atoms with Crippen LogP contribution in [0.5, 0.6) is 0 Å². The summed E-state index contributed by atoms with van der Waals surface area (Å²) in [7, 11) is 0. The lowest BCUT2D eigenvalue weighted by molar-refractivity contribution is 0.159. The van der Waals surface area contributed by atoms with Crippen LogP contribution in [0.25, 0.3) is 16.8 Å². The molecule has 0 bridgehead atoms. The molecule has 3 aromatic heterocycles. The van der Waals surface area contributed by atoms with Crippen molar-refractivity contribution in [2.75, 3.05) is 18.4 Å². The number of imidazole rings is 1.